The maximum absolute atomic E-state index is 12.6. The summed E-state index contributed by atoms with van der Waals surface area (Å²) in [4.78, 5) is 14.8. The lowest BCUT2D eigenvalue weighted by atomic mass is 9.96. The number of nitrogens with zero attached hydrogens (tertiary/aromatic N) is 4. The number of hydrogen-bond acceptors (Lipinski definition) is 5. The third-order valence-corrected chi connectivity index (χ3v) is 6.42. The van der Waals surface area contributed by atoms with E-state index in [2.05, 4.69) is 26.5 Å². The lowest BCUT2D eigenvalue weighted by molar-refractivity contribution is -0.125. The van der Waals surface area contributed by atoms with Crippen LogP contribution < -0.4 is 10.2 Å². The quantitative estimate of drug-likeness (QED) is 0.773. The van der Waals surface area contributed by atoms with Crippen molar-refractivity contribution in [1.29, 1.82) is 0 Å². The van der Waals surface area contributed by atoms with Gasteiger partial charge in [-0.15, -0.1) is 10.2 Å². The fourth-order valence-corrected chi connectivity index (χ4v) is 4.74. The number of amides is 1. The van der Waals surface area contributed by atoms with Crippen molar-refractivity contribution in [3.05, 3.63) is 36.2 Å². The van der Waals surface area contributed by atoms with Crippen LogP contribution in [0.5, 0.6) is 0 Å². The highest BCUT2D eigenvalue weighted by molar-refractivity contribution is 7.17. The molecule has 3 heterocycles. The minimum atomic E-state index is 0.0398. The third-order valence-electron chi connectivity index (χ3n) is 5.42. The van der Waals surface area contributed by atoms with Crippen LogP contribution in [0.1, 0.15) is 44.9 Å². The minimum Gasteiger partial charge on any atom is -0.355 e. The molecule has 144 valence electrons. The largest absolute Gasteiger partial charge is 0.355 e. The maximum atomic E-state index is 12.6. The second-order valence-electron chi connectivity index (χ2n) is 7.39. The van der Waals surface area contributed by atoms with Crippen LogP contribution in [0.15, 0.2) is 36.2 Å². The van der Waals surface area contributed by atoms with E-state index in [1.54, 1.807) is 11.3 Å². The highest BCUT2D eigenvalue weighted by atomic mass is 32.1. The summed E-state index contributed by atoms with van der Waals surface area (Å²) < 4.78 is 1.97. The number of piperidine rings is 1. The average molecular weight is 386 g/mol. The summed E-state index contributed by atoms with van der Waals surface area (Å²) >= 11 is 1.58. The first-order chi connectivity index (χ1) is 13.3. The zero-order chi connectivity index (χ0) is 18.5. The Morgan fingerprint density at radius 1 is 1.19 bits per heavy atom. The SMILES string of the molecule is O=C(NCCC1=CCCCC1)C1CCCN(c2nnc(-n3cccc3)s2)C1. The van der Waals surface area contributed by atoms with Crippen LogP contribution in [0, 0.1) is 5.92 Å². The number of rotatable bonds is 6. The first-order valence-corrected chi connectivity index (χ1v) is 10.8. The van der Waals surface area contributed by atoms with Crippen molar-refractivity contribution < 1.29 is 4.79 Å². The molecule has 2 aromatic heterocycles. The number of anilines is 1. The monoisotopic (exact) mass is 385 g/mol. The van der Waals surface area contributed by atoms with E-state index in [9.17, 15) is 4.79 Å². The summed E-state index contributed by atoms with van der Waals surface area (Å²) in [6.45, 7) is 2.43. The predicted octanol–water partition coefficient (Wildman–Crippen LogP) is 3.55. The number of hydrogen-bond donors (Lipinski definition) is 1. The van der Waals surface area contributed by atoms with Gasteiger partial charge in [-0.2, -0.15) is 0 Å². The van der Waals surface area contributed by atoms with E-state index in [0.29, 0.717) is 0 Å². The van der Waals surface area contributed by atoms with Crippen molar-refractivity contribution in [2.75, 3.05) is 24.5 Å². The molecule has 1 atom stereocenters. The third kappa shape index (κ3) is 4.58. The Kier molecular flexibility index (Phi) is 5.87. The number of carbonyl (C=O) groups is 1. The van der Waals surface area contributed by atoms with Gasteiger partial charge in [-0.05, 0) is 57.1 Å². The van der Waals surface area contributed by atoms with Gasteiger partial charge in [0.1, 0.15) is 0 Å². The van der Waals surface area contributed by atoms with E-state index in [4.69, 9.17) is 0 Å². The van der Waals surface area contributed by atoms with E-state index >= 15 is 0 Å². The zero-order valence-corrected chi connectivity index (χ0v) is 16.5. The number of allylic oxidation sites excluding steroid dienone is 1. The molecule has 1 aliphatic carbocycles. The van der Waals surface area contributed by atoms with Gasteiger partial charge >= 0.3 is 0 Å². The molecule has 2 aliphatic rings. The molecule has 6 nitrogen and oxygen atoms in total. The molecule has 0 spiro atoms. The number of aromatic nitrogens is 3. The van der Waals surface area contributed by atoms with Crippen molar-refractivity contribution in [1.82, 2.24) is 20.1 Å². The van der Waals surface area contributed by atoms with E-state index in [-0.39, 0.29) is 11.8 Å². The van der Waals surface area contributed by atoms with Crippen molar-refractivity contribution in [3.8, 4) is 5.13 Å². The van der Waals surface area contributed by atoms with E-state index in [1.807, 2.05) is 29.1 Å². The highest BCUT2D eigenvalue weighted by Gasteiger charge is 2.27. The van der Waals surface area contributed by atoms with Crippen molar-refractivity contribution in [2.45, 2.75) is 44.9 Å². The summed E-state index contributed by atoms with van der Waals surface area (Å²) in [5.41, 5.74) is 1.51. The first kappa shape index (κ1) is 18.2. The number of carbonyl (C=O) groups excluding carboxylic acids is 1. The van der Waals surface area contributed by atoms with Crippen LogP contribution in [0.2, 0.25) is 0 Å². The Hall–Kier alpha value is -2.15. The molecule has 0 saturated carbocycles. The lowest BCUT2D eigenvalue weighted by Crippen LogP contribution is -2.43. The van der Waals surface area contributed by atoms with Crippen LogP contribution in [-0.4, -0.2) is 40.3 Å². The zero-order valence-electron chi connectivity index (χ0n) is 15.6. The summed E-state index contributed by atoms with van der Waals surface area (Å²) in [6.07, 6.45) is 14.3. The molecule has 1 N–H and O–H groups in total. The minimum absolute atomic E-state index is 0.0398. The van der Waals surface area contributed by atoms with Gasteiger partial charge in [0.15, 0.2) is 0 Å². The van der Waals surface area contributed by atoms with Crippen molar-refractivity contribution in [3.63, 3.8) is 0 Å². The second kappa shape index (κ2) is 8.69. The molecule has 0 radical (unpaired) electrons. The molecule has 1 fully saturated rings. The molecule has 7 heteroatoms. The Balaban J connectivity index is 1.29. The Morgan fingerprint density at radius 2 is 2.04 bits per heavy atom. The fourth-order valence-electron chi connectivity index (χ4n) is 3.89. The van der Waals surface area contributed by atoms with Gasteiger partial charge in [-0.25, -0.2) is 0 Å². The van der Waals surface area contributed by atoms with Gasteiger partial charge in [0.25, 0.3) is 0 Å². The standard InChI is InChI=1S/C20H27N5OS/c26-18(21-11-10-16-7-2-1-3-8-16)17-9-6-14-25(15-17)20-23-22-19(27-20)24-12-4-5-13-24/h4-5,7,12-13,17H,1-3,6,8-11,14-15H2,(H,21,26). The summed E-state index contributed by atoms with van der Waals surface area (Å²) in [5, 5.41) is 13.6. The molecule has 27 heavy (non-hydrogen) atoms. The van der Waals surface area contributed by atoms with Crippen LogP contribution in [0.3, 0.4) is 0 Å². The topological polar surface area (TPSA) is 63.1 Å². The summed E-state index contributed by atoms with van der Waals surface area (Å²) in [6, 6.07) is 3.96. The molecular formula is C20H27N5OS. The first-order valence-electron chi connectivity index (χ1n) is 9.97. The molecule has 1 amide bonds. The molecule has 1 aliphatic heterocycles. The molecule has 0 aromatic carbocycles. The van der Waals surface area contributed by atoms with Gasteiger partial charge < -0.3 is 10.2 Å². The molecule has 2 aromatic rings. The predicted molar refractivity (Wildman–Crippen MR) is 108 cm³/mol. The van der Waals surface area contributed by atoms with Crippen LogP contribution in [0.25, 0.3) is 5.13 Å². The van der Waals surface area contributed by atoms with Crippen LogP contribution in [-0.2, 0) is 4.79 Å². The van der Waals surface area contributed by atoms with Gasteiger partial charge in [0.05, 0.1) is 5.92 Å². The van der Waals surface area contributed by atoms with Crippen molar-refractivity contribution in [2.24, 2.45) is 5.92 Å². The van der Waals surface area contributed by atoms with Gasteiger partial charge in [-0.3, -0.25) is 9.36 Å². The maximum Gasteiger partial charge on any atom is 0.224 e. The second-order valence-corrected chi connectivity index (χ2v) is 8.33. The normalized spacial score (nSPS) is 20.4. The molecular weight excluding hydrogens is 358 g/mol. The highest BCUT2D eigenvalue weighted by Crippen LogP contribution is 2.28. The van der Waals surface area contributed by atoms with Crippen LogP contribution in [0.4, 0.5) is 5.13 Å². The smallest absolute Gasteiger partial charge is 0.224 e. The van der Waals surface area contributed by atoms with Gasteiger partial charge in [0, 0.05) is 32.0 Å². The Morgan fingerprint density at radius 3 is 2.85 bits per heavy atom. The molecule has 0 bridgehead atoms. The number of nitrogens with one attached hydrogen (secondary N) is 1. The van der Waals surface area contributed by atoms with Gasteiger partial charge in [-0.1, -0.05) is 23.0 Å². The lowest BCUT2D eigenvalue weighted by Gasteiger charge is -2.31. The van der Waals surface area contributed by atoms with Crippen LogP contribution >= 0.6 is 11.3 Å². The fraction of sp³-hybridized carbons (Fsp3) is 0.550. The average Bonchev–Trinajstić information content (AvgIpc) is 3.40. The Labute approximate surface area is 164 Å². The van der Waals surface area contributed by atoms with Crippen molar-refractivity contribution >= 4 is 22.4 Å². The van der Waals surface area contributed by atoms with E-state index < -0.39 is 0 Å². The molecule has 4 rings (SSSR count). The van der Waals surface area contributed by atoms with E-state index in [0.717, 1.165) is 49.2 Å². The Bertz CT molecular complexity index is 782. The molecule has 1 saturated heterocycles. The van der Waals surface area contributed by atoms with E-state index in [1.165, 1.54) is 31.3 Å². The molecule has 1 unspecified atom stereocenters. The summed E-state index contributed by atoms with van der Waals surface area (Å²) in [7, 11) is 0. The summed E-state index contributed by atoms with van der Waals surface area (Å²) in [5.74, 6) is 0.226. The van der Waals surface area contributed by atoms with Gasteiger partial charge in [0.2, 0.25) is 16.2 Å².